The van der Waals surface area contributed by atoms with Gasteiger partial charge >= 0.3 is 0 Å². The lowest BCUT2D eigenvalue weighted by Gasteiger charge is -2.40. The fourth-order valence-corrected chi connectivity index (χ4v) is 4.59. The molecule has 0 N–H and O–H groups in total. The SMILES string of the molecule is Cc1ccc(C2=NN(CN3CCCCC3)C(=O)[C@@H]3CCCC[C@@H]23)cc1. The van der Waals surface area contributed by atoms with Crippen molar-refractivity contribution >= 4 is 11.6 Å². The van der Waals surface area contributed by atoms with E-state index < -0.39 is 0 Å². The van der Waals surface area contributed by atoms with Gasteiger partial charge in [-0.3, -0.25) is 9.69 Å². The van der Waals surface area contributed by atoms with Crippen molar-refractivity contribution in [2.45, 2.75) is 51.9 Å². The second-order valence-electron chi connectivity index (χ2n) is 7.91. The second kappa shape index (κ2) is 7.28. The number of benzene rings is 1. The molecule has 2 aliphatic heterocycles. The van der Waals surface area contributed by atoms with Gasteiger partial charge in [-0.15, -0.1) is 0 Å². The van der Waals surface area contributed by atoms with Crippen LogP contribution in [-0.2, 0) is 4.79 Å². The van der Waals surface area contributed by atoms with Gasteiger partial charge in [0.1, 0.15) is 0 Å². The van der Waals surface area contributed by atoms with Gasteiger partial charge in [0, 0.05) is 11.8 Å². The Kier molecular flexibility index (Phi) is 4.89. The van der Waals surface area contributed by atoms with Crippen molar-refractivity contribution in [2.24, 2.45) is 16.9 Å². The first-order valence-corrected chi connectivity index (χ1v) is 9.91. The van der Waals surface area contributed by atoms with E-state index in [0.29, 0.717) is 12.6 Å². The van der Waals surface area contributed by atoms with Crippen LogP contribution >= 0.6 is 0 Å². The summed E-state index contributed by atoms with van der Waals surface area (Å²) in [6.07, 6.45) is 8.29. The molecule has 4 heteroatoms. The van der Waals surface area contributed by atoms with Gasteiger partial charge < -0.3 is 0 Å². The summed E-state index contributed by atoms with van der Waals surface area (Å²) >= 11 is 0. The molecule has 1 saturated carbocycles. The van der Waals surface area contributed by atoms with Crippen LogP contribution in [0.3, 0.4) is 0 Å². The number of carbonyl (C=O) groups excluding carboxylic acids is 1. The molecule has 3 aliphatic rings. The second-order valence-corrected chi connectivity index (χ2v) is 7.91. The average molecular weight is 339 g/mol. The Morgan fingerprint density at radius 2 is 1.64 bits per heavy atom. The molecule has 0 aromatic heterocycles. The number of rotatable bonds is 3. The smallest absolute Gasteiger partial charge is 0.247 e. The summed E-state index contributed by atoms with van der Waals surface area (Å²) in [7, 11) is 0. The number of aryl methyl sites for hydroxylation is 1. The molecule has 1 aromatic carbocycles. The van der Waals surface area contributed by atoms with E-state index in [-0.39, 0.29) is 11.8 Å². The highest BCUT2D eigenvalue weighted by Crippen LogP contribution is 2.37. The van der Waals surface area contributed by atoms with E-state index >= 15 is 0 Å². The molecule has 25 heavy (non-hydrogen) atoms. The lowest BCUT2D eigenvalue weighted by Crippen LogP contribution is -2.50. The summed E-state index contributed by atoms with van der Waals surface area (Å²) in [5, 5.41) is 6.68. The van der Waals surface area contributed by atoms with Gasteiger partial charge in [-0.25, -0.2) is 5.01 Å². The number of hydrogen-bond acceptors (Lipinski definition) is 3. The summed E-state index contributed by atoms with van der Waals surface area (Å²) in [4.78, 5) is 15.4. The molecule has 4 nitrogen and oxygen atoms in total. The van der Waals surface area contributed by atoms with E-state index in [9.17, 15) is 4.79 Å². The van der Waals surface area contributed by atoms with Crippen molar-refractivity contribution in [1.82, 2.24) is 9.91 Å². The monoisotopic (exact) mass is 339 g/mol. The summed E-state index contributed by atoms with van der Waals surface area (Å²) < 4.78 is 0. The zero-order valence-corrected chi connectivity index (χ0v) is 15.3. The molecule has 0 bridgehead atoms. The van der Waals surface area contributed by atoms with Crippen molar-refractivity contribution < 1.29 is 4.79 Å². The lowest BCUT2D eigenvalue weighted by atomic mass is 9.73. The van der Waals surface area contributed by atoms with Crippen LogP contribution in [0.5, 0.6) is 0 Å². The van der Waals surface area contributed by atoms with E-state index in [1.165, 1.54) is 43.2 Å². The van der Waals surface area contributed by atoms with Crippen LogP contribution in [0.25, 0.3) is 0 Å². The highest BCUT2D eigenvalue weighted by Gasteiger charge is 2.41. The number of piperidine rings is 1. The Morgan fingerprint density at radius 1 is 0.960 bits per heavy atom. The minimum Gasteiger partial charge on any atom is -0.284 e. The van der Waals surface area contributed by atoms with Crippen molar-refractivity contribution in [2.75, 3.05) is 19.8 Å². The molecule has 0 radical (unpaired) electrons. The highest BCUT2D eigenvalue weighted by atomic mass is 16.2. The Hall–Kier alpha value is -1.68. The summed E-state index contributed by atoms with van der Waals surface area (Å²) in [6, 6.07) is 8.66. The third kappa shape index (κ3) is 3.50. The molecule has 0 spiro atoms. The molecule has 2 fully saturated rings. The van der Waals surface area contributed by atoms with Crippen LogP contribution < -0.4 is 0 Å². The predicted molar refractivity (Wildman–Crippen MR) is 100 cm³/mol. The first-order chi connectivity index (χ1) is 12.2. The molecule has 1 amide bonds. The van der Waals surface area contributed by atoms with E-state index in [4.69, 9.17) is 5.10 Å². The Bertz CT molecular complexity index is 646. The molecular weight excluding hydrogens is 310 g/mol. The van der Waals surface area contributed by atoms with Crippen LogP contribution in [0.4, 0.5) is 0 Å². The minimum atomic E-state index is 0.132. The van der Waals surface area contributed by atoms with Gasteiger partial charge in [0.15, 0.2) is 0 Å². The fourth-order valence-electron chi connectivity index (χ4n) is 4.59. The van der Waals surface area contributed by atoms with Crippen molar-refractivity contribution in [3.05, 3.63) is 35.4 Å². The van der Waals surface area contributed by atoms with Gasteiger partial charge in [-0.05, 0) is 51.3 Å². The van der Waals surface area contributed by atoms with Crippen LogP contribution in [0, 0.1) is 18.8 Å². The molecule has 0 unspecified atom stereocenters. The van der Waals surface area contributed by atoms with E-state index in [1.807, 2.05) is 0 Å². The minimum absolute atomic E-state index is 0.132. The highest BCUT2D eigenvalue weighted by molar-refractivity contribution is 6.06. The van der Waals surface area contributed by atoms with Crippen LogP contribution in [0.2, 0.25) is 0 Å². The quantitative estimate of drug-likeness (QED) is 0.840. The number of nitrogens with zero attached hydrogens (tertiary/aromatic N) is 3. The third-order valence-electron chi connectivity index (χ3n) is 6.05. The molecule has 1 aliphatic carbocycles. The van der Waals surface area contributed by atoms with Gasteiger partial charge in [-0.1, -0.05) is 49.1 Å². The van der Waals surface area contributed by atoms with Crippen molar-refractivity contribution in [3.63, 3.8) is 0 Å². The van der Waals surface area contributed by atoms with Gasteiger partial charge in [-0.2, -0.15) is 5.10 Å². The fraction of sp³-hybridized carbons (Fsp3) is 0.619. The zero-order valence-electron chi connectivity index (χ0n) is 15.3. The molecule has 1 saturated heterocycles. The van der Waals surface area contributed by atoms with Crippen LogP contribution in [0.1, 0.15) is 56.1 Å². The van der Waals surface area contributed by atoms with Crippen molar-refractivity contribution in [3.8, 4) is 0 Å². The Balaban J connectivity index is 1.64. The number of amides is 1. The normalized spacial score (nSPS) is 27.8. The maximum atomic E-state index is 13.1. The number of carbonyl (C=O) groups is 1. The molecule has 134 valence electrons. The zero-order chi connectivity index (χ0) is 17.2. The number of hydrogen-bond donors (Lipinski definition) is 0. The van der Waals surface area contributed by atoms with Crippen LogP contribution in [0.15, 0.2) is 29.4 Å². The van der Waals surface area contributed by atoms with Gasteiger partial charge in [0.2, 0.25) is 5.91 Å². The third-order valence-corrected chi connectivity index (χ3v) is 6.05. The van der Waals surface area contributed by atoms with E-state index in [0.717, 1.165) is 31.6 Å². The summed E-state index contributed by atoms with van der Waals surface area (Å²) in [5.74, 6) is 0.694. The summed E-state index contributed by atoms with van der Waals surface area (Å²) in [5.41, 5.74) is 3.60. The number of likely N-dealkylation sites (tertiary alicyclic amines) is 1. The van der Waals surface area contributed by atoms with E-state index in [2.05, 4.69) is 36.1 Å². The summed E-state index contributed by atoms with van der Waals surface area (Å²) in [6.45, 7) is 4.96. The Labute approximate surface area is 150 Å². The van der Waals surface area contributed by atoms with E-state index in [1.54, 1.807) is 5.01 Å². The number of hydrazone groups is 1. The molecular formula is C21H29N3O. The molecule has 1 aromatic rings. The predicted octanol–water partition coefficient (Wildman–Crippen LogP) is 3.79. The molecule has 2 heterocycles. The topological polar surface area (TPSA) is 35.9 Å². The maximum Gasteiger partial charge on any atom is 0.247 e. The largest absolute Gasteiger partial charge is 0.284 e. The standard InChI is InChI=1S/C21H29N3O/c1-16-9-11-17(12-10-16)20-18-7-3-4-8-19(18)21(25)24(22-20)15-23-13-5-2-6-14-23/h9-12,18-19H,2-8,13-15H2,1H3/t18-,19-/m1/s1. The first kappa shape index (κ1) is 16.8. The first-order valence-electron chi connectivity index (χ1n) is 9.91. The average Bonchev–Trinajstić information content (AvgIpc) is 2.66. The Morgan fingerprint density at radius 3 is 2.36 bits per heavy atom. The lowest BCUT2D eigenvalue weighted by molar-refractivity contribution is -0.141. The maximum absolute atomic E-state index is 13.1. The van der Waals surface area contributed by atoms with Crippen molar-refractivity contribution in [1.29, 1.82) is 0 Å². The molecule has 4 rings (SSSR count). The van der Waals surface area contributed by atoms with Crippen LogP contribution in [-0.4, -0.2) is 41.3 Å². The molecule has 2 atom stereocenters. The number of fused-ring (bicyclic) bond motifs is 1. The van der Waals surface area contributed by atoms with Gasteiger partial charge in [0.05, 0.1) is 12.4 Å². The van der Waals surface area contributed by atoms with Gasteiger partial charge in [0.25, 0.3) is 0 Å².